The summed E-state index contributed by atoms with van der Waals surface area (Å²) < 4.78 is 26.9. The molecule has 0 saturated carbocycles. The number of nitrogens with one attached hydrogen (secondary N) is 1. The van der Waals surface area contributed by atoms with Gasteiger partial charge in [-0.05, 0) is 31.0 Å². The molecule has 0 bridgehead atoms. The van der Waals surface area contributed by atoms with Gasteiger partial charge in [-0.3, -0.25) is 0 Å². The van der Waals surface area contributed by atoms with Gasteiger partial charge in [0, 0.05) is 11.1 Å². The van der Waals surface area contributed by atoms with E-state index in [0.717, 1.165) is 12.5 Å². The second kappa shape index (κ2) is 5.32. The molecule has 1 atom stereocenters. The van der Waals surface area contributed by atoms with Gasteiger partial charge in [0.15, 0.2) is 0 Å². The molecule has 2 rings (SSSR count). The molecule has 0 fully saturated rings. The van der Waals surface area contributed by atoms with Crippen LogP contribution in [0.2, 0.25) is 5.02 Å². The normalized spacial score (nSPS) is 18.7. The van der Waals surface area contributed by atoms with Gasteiger partial charge >= 0.3 is 5.97 Å². The summed E-state index contributed by atoms with van der Waals surface area (Å²) in [5.41, 5.74) is -0.293. The van der Waals surface area contributed by atoms with E-state index in [4.69, 9.17) is 16.7 Å². The molecular weight excluding hydrogens is 290 g/mol. The van der Waals surface area contributed by atoms with Crippen LogP contribution in [-0.4, -0.2) is 25.5 Å². The van der Waals surface area contributed by atoms with Gasteiger partial charge in [0.05, 0.1) is 10.5 Å². The number of carboxylic acids is 1. The van der Waals surface area contributed by atoms with Crippen LogP contribution in [0, 0.1) is 0 Å². The Balaban J connectivity index is 2.41. The second-order valence-electron chi connectivity index (χ2n) is 4.18. The number of sulfonamides is 1. The Kier molecular flexibility index (Phi) is 3.93. The first-order valence-electron chi connectivity index (χ1n) is 5.62. The zero-order valence-electron chi connectivity index (χ0n) is 9.84. The van der Waals surface area contributed by atoms with Crippen molar-refractivity contribution in [2.45, 2.75) is 23.8 Å². The summed E-state index contributed by atoms with van der Waals surface area (Å²) >= 11 is 5.75. The number of carbonyl (C=O) groups is 1. The summed E-state index contributed by atoms with van der Waals surface area (Å²) in [6.07, 6.45) is 5.10. The van der Waals surface area contributed by atoms with Gasteiger partial charge < -0.3 is 5.11 Å². The van der Waals surface area contributed by atoms with Crippen molar-refractivity contribution in [1.82, 2.24) is 4.72 Å². The Morgan fingerprint density at radius 2 is 2.16 bits per heavy atom. The van der Waals surface area contributed by atoms with E-state index in [9.17, 15) is 13.2 Å². The molecule has 102 valence electrons. The average Bonchev–Trinajstić information content (AvgIpc) is 2.80. The molecule has 19 heavy (non-hydrogen) atoms. The SMILES string of the molecule is O=C(O)c1ccc(Cl)cc1S(=O)(=O)NC1C=CCC1. The van der Waals surface area contributed by atoms with E-state index in [1.807, 2.05) is 6.08 Å². The van der Waals surface area contributed by atoms with E-state index >= 15 is 0 Å². The van der Waals surface area contributed by atoms with E-state index in [2.05, 4.69) is 4.72 Å². The molecule has 0 radical (unpaired) electrons. The van der Waals surface area contributed by atoms with Gasteiger partial charge in [-0.25, -0.2) is 17.9 Å². The number of aromatic carboxylic acids is 1. The summed E-state index contributed by atoms with van der Waals surface area (Å²) in [4.78, 5) is 10.8. The predicted octanol–water partition coefficient (Wildman–Crippen LogP) is 2.04. The fraction of sp³-hybridized carbons (Fsp3) is 0.250. The third-order valence-corrected chi connectivity index (χ3v) is 4.55. The minimum atomic E-state index is -3.91. The highest BCUT2D eigenvalue weighted by Crippen LogP contribution is 2.22. The van der Waals surface area contributed by atoms with E-state index < -0.39 is 16.0 Å². The van der Waals surface area contributed by atoms with E-state index in [0.29, 0.717) is 6.42 Å². The molecule has 1 aliphatic carbocycles. The lowest BCUT2D eigenvalue weighted by atomic mass is 10.2. The Bertz CT molecular complexity index is 639. The highest BCUT2D eigenvalue weighted by Gasteiger charge is 2.25. The maximum absolute atomic E-state index is 12.2. The molecule has 0 spiro atoms. The van der Waals surface area contributed by atoms with Crippen LogP contribution in [0.5, 0.6) is 0 Å². The van der Waals surface area contributed by atoms with E-state index in [1.54, 1.807) is 6.08 Å². The van der Waals surface area contributed by atoms with Crippen LogP contribution in [0.3, 0.4) is 0 Å². The molecule has 0 amide bonds. The van der Waals surface area contributed by atoms with Crippen LogP contribution in [0.15, 0.2) is 35.2 Å². The van der Waals surface area contributed by atoms with Crippen molar-refractivity contribution in [1.29, 1.82) is 0 Å². The first-order valence-corrected chi connectivity index (χ1v) is 7.48. The summed E-state index contributed by atoms with van der Waals surface area (Å²) in [6, 6.07) is 3.38. The van der Waals surface area contributed by atoms with Crippen LogP contribution >= 0.6 is 11.6 Å². The zero-order valence-corrected chi connectivity index (χ0v) is 11.4. The van der Waals surface area contributed by atoms with Crippen LogP contribution < -0.4 is 4.72 Å². The molecule has 2 N–H and O–H groups in total. The molecule has 1 unspecified atom stereocenters. The molecular formula is C12H12ClNO4S. The maximum Gasteiger partial charge on any atom is 0.337 e. The van der Waals surface area contributed by atoms with E-state index in [1.165, 1.54) is 12.1 Å². The first-order chi connectivity index (χ1) is 8.90. The highest BCUT2D eigenvalue weighted by atomic mass is 35.5. The van der Waals surface area contributed by atoms with Gasteiger partial charge in [0.25, 0.3) is 0 Å². The van der Waals surface area contributed by atoms with Crippen LogP contribution in [0.25, 0.3) is 0 Å². The molecule has 0 heterocycles. The van der Waals surface area contributed by atoms with Crippen molar-refractivity contribution in [2.75, 3.05) is 0 Å². The number of hydrogen-bond donors (Lipinski definition) is 2. The topological polar surface area (TPSA) is 83.5 Å². The van der Waals surface area contributed by atoms with Crippen LogP contribution in [0.1, 0.15) is 23.2 Å². The molecule has 1 aliphatic rings. The van der Waals surface area contributed by atoms with Crippen LogP contribution in [-0.2, 0) is 10.0 Å². The number of hydrogen-bond acceptors (Lipinski definition) is 3. The van der Waals surface area contributed by atoms with Crippen molar-refractivity contribution in [3.8, 4) is 0 Å². The Morgan fingerprint density at radius 3 is 2.74 bits per heavy atom. The predicted molar refractivity (Wildman–Crippen MR) is 70.9 cm³/mol. The largest absolute Gasteiger partial charge is 0.478 e. The Morgan fingerprint density at radius 1 is 1.42 bits per heavy atom. The molecule has 1 aromatic carbocycles. The monoisotopic (exact) mass is 301 g/mol. The van der Waals surface area contributed by atoms with Gasteiger partial charge in [-0.1, -0.05) is 23.8 Å². The molecule has 0 aromatic heterocycles. The third kappa shape index (κ3) is 3.15. The quantitative estimate of drug-likeness (QED) is 0.834. The lowest BCUT2D eigenvalue weighted by Crippen LogP contribution is -2.33. The summed E-state index contributed by atoms with van der Waals surface area (Å²) in [6.45, 7) is 0. The van der Waals surface area contributed by atoms with Crippen LogP contribution in [0.4, 0.5) is 0 Å². The summed E-state index contributed by atoms with van der Waals surface area (Å²) in [5.74, 6) is -1.31. The fourth-order valence-electron chi connectivity index (χ4n) is 1.89. The molecule has 5 nitrogen and oxygen atoms in total. The Hall–Kier alpha value is -1.37. The maximum atomic E-state index is 12.2. The number of benzene rings is 1. The van der Waals surface area contributed by atoms with Gasteiger partial charge in [-0.15, -0.1) is 0 Å². The van der Waals surface area contributed by atoms with Gasteiger partial charge in [0.1, 0.15) is 0 Å². The first kappa shape index (κ1) is 14.0. The Labute approximate surface area is 115 Å². The van der Waals surface area contributed by atoms with Gasteiger partial charge in [-0.2, -0.15) is 0 Å². The molecule has 0 saturated heterocycles. The van der Waals surface area contributed by atoms with Crippen molar-refractivity contribution in [3.63, 3.8) is 0 Å². The summed E-state index contributed by atoms with van der Waals surface area (Å²) in [7, 11) is -3.91. The number of allylic oxidation sites excluding steroid dienone is 1. The van der Waals surface area contributed by atoms with E-state index in [-0.39, 0.29) is 21.5 Å². The van der Waals surface area contributed by atoms with Gasteiger partial charge in [0.2, 0.25) is 10.0 Å². The lowest BCUT2D eigenvalue weighted by molar-refractivity contribution is 0.0692. The fourth-order valence-corrected chi connectivity index (χ4v) is 3.57. The zero-order chi connectivity index (χ0) is 14.0. The number of rotatable bonds is 4. The minimum Gasteiger partial charge on any atom is -0.478 e. The van der Waals surface area contributed by atoms with Crippen molar-refractivity contribution in [3.05, 3.63) is 40.9 Å². The molecule has 7 heteroatoms. The van der Waals surface area contributed by atoms with Crippen molar-refractivity contribution in [2.24, 2.45) is 0 Å². The minimum absolute atomic E-state index is 0.173. The molecule has 0 aliphatic heterocycles. The number of carboxylic acid groups (broad SMARTS) is 1. The highest BCUT2D eigenvalue weighted by molar-refractivity contribution is 7.89. The second-order valence-corrected chi connectivity index (χ2v) is 6.30. The smallest absolute Gasteiger partial charge is 0.337 e. The standard InChI is InChI=1S/C12H12ClNO4S/c13-8-5-6-10(12(15)16)11(7-8)19(17,18)14-9-3-1-2-4-9/h1,3,5-7,9,14H,2,4H2,(H,15,16). The number of halogens is 1. The third-order valence-electron chi connectivity index (χ3n) is 2.78. The van der Waals surface area contributed by atoms with Crippen molar-refractivity contribution >= 4 is 27.6 Å². The molecule has 1 aromatic rings. The average molecular weight is 302 g/mol. The summed E-state index contributed by atoms with van der Waals surface area (Å²) in [5, 5.41) is 9.20. The lowest BCUT2D eigenvalue weighted by Gasteiger charge is -2.13. The van der Waals surface area contributed by atoms with Crippen molar-refractivity contribution < 1.29 is 18.3 Å².